The normalized spacial score (nSPS) is 11.1. The van der Waals surface area contributed by atoms with Crippen LogP contribution in [0.2, 0.25) is 0 Å². The second-order valence-electron chi connectivity index (χ2n) is 8.92. The Morgan fingerprint density at radius 3 is 1.45 bits per heavy atom. The third-order valence-electron chi connectivity index (χ3n) is 6.10. The van der Waals surface area contributed by atoms with E-state index in [1.54, 1.807) is 0 Å². The molecule has 166 valence electrons. The summed E-state index contributed by atoms with van der Waals surface area (Å²) in [5, 5.41) is 0. The molecule has 1 aromatic carbocycles. The zero-order chi connectivity index (χ0) is 21.0. The molecule has 1 rings (SSSR count). The van der Waals surface area contributed by atoms with Crippen molar-refractivity contribution in [3.8, 4) is 0 Å². The summed E-state index contributed by atoms with van der Waals surface area (Å²) in [7, 11) is 0. The fourth-order valence-corrected chi connectivity index (χ4v) is 4.06. The molecule has 0 atom stereocenters. The van der Waals surface area contributed by atoms with Crippen LogP contribution in [0.4, 0.5) is 0 Å². The maximum Gasteiger partial charge on any atom is 0.162 e. The molecule has 0 bridgehead atoms. The summed E-state index contributed by atoms with van der Waals surface area (Å²) in [5.74, 6) is 0.325. The second-order valence-corrected chi connectivity index (χ2v) is 8.92. The van der Waals surface area contributed by atoms with Crippen LogP contribution < -0.4 is 0 Å². The molecule has 0 heterocycles. The number of rotatable bonds is 20. The second kappa shape index (κ2) is 18.9. The first-order valence-corrected chi connectivity index (χ1v) is 12.9. The van der Waals surface area contributed by atoms with Crippen molar-refractivity contribution in [2.75, 3.05) is 0 Å². The topological polar surface area (TPSA) is 17.1 Å². The number of unbranched alkanes of at least 4 members (excludes halogenated alkanes) is 15. The highest BCUT2D eigenvalue weighted by molar-refractivity contribution is 5.96. The van der Waals surface area contributed by atoms with Gasteiger partial charge in [-0.05, 0) is 24.8 Å². The van der Waals surface area contributed by atoms with Crippen LogP contribution in [-0.2, 0) is 6.42 Å². The first-order valence-electron chi connectivity index (χ1n) is 12.9. The maximum absolute atomic E-state index is 12.4. The Morgan fingerprint density at radius 2 is 0.966 bits per heavy atom. The Kier molecular flexibility index (Phi) is 16.9. The molecule has 0 aliphatic rings. The molecular weight excluding hydrogens is 352 g/mol. The average Bonchev–Trinajstić information content (AvgIpc) is 2.75. The summed E-state index contributed by atoms with van der Waals surface area (Å²) in [4.78, 5) is 12.4. The van der Waals surface area contributed by atoms with Gasteiger partial charge in [0.15, 0.2) is 5.78 Å². The van der Waals surface area contributed by atoms with Crippen LogP contribution in [0.3, 0.4) is 0 Å². The van der Waals surface area contributed by atoms with Gasteiger partial charge in [0.2, 0.25) is 0 Å². The molecule has 0 saturated heterocycles. The van der Waals surface area contributed by atoms with Gasteiger partial charge in [-0.25, -0.2) is 0 Å². The number of hydrogen-bond donors (Lipinski definition) is 0. The van der Waals surface area contributed by atoms with Crippen molar-refractivity contribution in [2.45, 2.75) is 136 Å². The monoisotopic (exact) mass is 400 g/mol. The molecule has 0 radical (unpaired) electrons. The molecule has 0 aromatic heterocycles. The van der Waals surface area contributed by atoms with Gasteiger partial charge in [-0.3, -0.25) is 4.79 Å². The summed E-state index contributed by atoms with van der Waals surface area (Å²) in [6.07, 6.45) is 24.6. The van der Waals surface area contributed by atoms with E-state index in [1.807, 2.05) is 12.1 Å². The Balaban J connectivity index is 1.97. The van der Waals surface area contributed by atoms with E-state index in [1.165, 1.54) is 108 Å². The van der Waals surface area contributed by atoms with Crippen molar-refractivity contribution in [2.24, 2.45) is 0 Å². The van der Waals surface area contributed by atoms with Crippen molar-refractivity contribution >= 4 is 5.78 Å². The molecule has 0 fully saturated rings. The summed E-state index contributed by atoms with van der Waals surface area (Å²) >= 11 is 0. The van der Waals surface area contributed by atoms with Gasteiger partial charge in [0, 0.05) is 12.0 Å². The molecule has 0 amide bonds. The van der Waals surface area contributed by atoms with Crippen LogP contribution >= 0.6 is 0 Å². The van der Waals surface area contributed by atoms with Gasteiger partial charge in [0.1, 0.15) is 0 Å². The van der Waals surface area contributed by atoms with Crippen LogP contribution in [0.25, 0.3) is 0 Å². The highest BCUT2D eigenvalue weighted by atomic mass is 16.1. The zero-order valence-corrected chi connectivity index (χ0v) is 19.7. The molecule has 29 heavy (non-hydrogen) atoms. The van der Waals surface area contributed by atoms with Crippen LogP contribution in [0.5, 0.6) is 0 Å². The van der Waals surface area contributed by atoms with E-state index in [0.717, 1.165) is 18.4 Å². The molecule has 0 N–H and O–H groups in total. The smallest absolute Gasteiger partial charge is 0.162 e. The number of benzene rings is 1. The molecule has 1 nitrogen and oxygen atoms in total. The minimum Gasteiger partial charge on any atom is -0.294 e. The number of hydrogen-bond acceptors (Lipinski definition) is 1. The van der Waals surface area contributed by atoms with Crippen molar-refractivity contribution < 1.29 is 4.79 Å². The Bertz CT molecular complexity index is 488. The minimum atomic E-state index is 0.325. The summed E-state index contributed by atoms with van der Waals surface area (Å²) in [6, 6.07) is 8.39. The molecule has 0 aliphatic heterocycles. The Morgan fingerprint density at radius 1 is 0.552 bits per heavy atom. The third kappa shape index (κ3) is 14.5. The third-order valence-corrected chi connectivity index (χ3v) is 6.10. The lowest BCUT2D eigenvalue weighted by molar-refractivity contribution is 0.0979. The molecule has 0 saturated carbocycles. The first-order chi connectivity index (χ1) is 14.3. The molecule has 1 heteroatoms. The highest BCUT2D eigenvalue weighted by Gasteiger charge is 2.05. The van der Waals surface area contributed by atoms with Crippen molar-refractivity contribution in [3.63, 3.8) is 0 Å². The van der Waals surface area contributed by atoms with Gasteiger partial charge < -0.3 is 0 Å². The van der Waals surface area contributed by atoms with Crippen LogP contribution in [0, 0.1) is 0 Å². The van der Waals surface area contributed by atoms with Gasteiger partial charge in [-0.15, -0.1) is 0 Å². The fraction of sp³-hybridized carbons (Fsp3) is 0.750. The van der Waals surface area contributed by atoms with E-state index in [-0.39, 0.29) is 0 Å². The number of carbonyl (C=O) groups excluding carboxylic acids is 1. The van der Waals surface area contributed by atoms with E-state index in [2.05, 4.69) is 26.0 Å². The van der Waals surface area contributed by atoms with Crippen molar-refractivity contribution in [1.82, 2.24) is 0 Å². The fourth-order valence-electron chi connectivity index (χ4n) is 4.06. The van der Waals surface area contributed by atoms with E-state index < -0.39 is 0 Å². The predicted molar refractivity (Wildman–Crippen MR) is 129 cm³/mol. The number of ketones is 1. The maximum atomic E-state index is 12.4. The summed E-state index contributed by atoms with van der Waals surface area (Å²) in [6.45, 7) is 4.53. The number of aryl methyl sites for hydroxylation is 1. The lowest BCUT2D eigenvalue weighted by atomic mass is 10.00. The Hall–Kier alpha value is -1.11. The molecular formula is C28H48O. The lowest BCUT2D eigenvalue weighted by Gasteiger charge is -2.05. The van der Waals surface area contributed by atoms with Gasteiger partial charge >= 0.3 is 0 Å². The Labute approximate surface area is 182 Å². The molecule has 0 aliphatic carbocycles. The van der Waals surface area contributed by atoms with E-state index in [0.29, 0.717) is 12.2 Å². The van der Waals surface area contributed by atoms with Crippen LogP contribution in [0.1, 0.15) is 145 Å². The highest BCUT2D eigenvalue weighted by Crippen LogP contribution is 2.15. The van der Waals surface area contributed by atoms with E-state index in [4.69, 9.17) is 0 Å². The van der Waals surface area contributed by atoms with Crippen molar-refractivity contribution in [3.05, 3.63) is 35.4 Å². The van der Waals surface area contributed by atoms with Gasteiger partial charge in [-0.1, -0.05) is 134 Å². The van der Waals surface area contributed by atoms with E-state index >= 15 is 0 Å². The first kappa shape index (κ1) is 25.9. The van der Waals surface area contributed by atoms with Crippen molar-refractivity contribution in [1.29, 1.82) is 0 Å². The summed E-state index contributed by atoms with van der Waals surface area (Å²) in [5.41, 5.74) is 2.28. The molecule has 0 spiro atoms. The SMILES string of the molecule is CCCCCCCCCCCCCCCC(=O)c1ccc(CCCCCC)cc1. The van der Waals surface area contributed by atoms with Gasteiger partial charge in [0.05, 0.1) is 0 Å². The standard InChI is InChI=1S/C28H48O/c1-3-5-7-9-10-11-12-13-14-15-16-17-19-21-28(29)27-24-22-26(23-25-27)20-18-8-6-4-2/h22-25H,3-21H2,1-2H3. The quantitative estimate of drug-likeness (QED) is 0.157. The van der Waals surface area contributed by atoms with E-state index in [9.17, 15) is 4.79 Å². The zero-order valence-electron chi connectivity index (χ0n) is 19.7. The van der Waals surface area contributed by atoms with Gasteiger partial charge in [0.25, 0.3) is 0 Å². The summed E-state index contributed by atoms with van der Waals surface area (Å²) < 4.78 is 0. The lowest BCUT2D eigenvalue weighted by Crippen LogP contribution is -1.99. The van der Waals surface area contributed by atoms with Crippen LogP contribution in [-0.4, -0.2) is 5.78 Å². The predicted octanol–water partition coefficient (Wildman–Crippen LogP) is 9.47. The van der Waals surface area contributed by atoms with Crippen LogP contribution in [0.15, 0.2) is 24.3 Å². The number of Topliss-reactive ketones (excluding diaryl/α,β-unsaturated/α-hetero) is 1. The number of carbonyl (C=O) groups is 1. The largest absolute Gasteiger partial charge is 0.294 e. The average molecular weight is 401 g/mol. The molecule has 0 unspecified atom stereocenters. The minimum absolute atomic E-state index is 0.325. The molecule has 1 aromatic rings. The van der Waals surface area contributed by atoms with Gasteiger partial charge in [-0.2, -0.15) is 0 Å².